The van der Waals surface area contributed by atoms with Gasteiger partial charge in [-0.3, -0.25) is 19.6 Å². The van der Waals surface area contributed by atoms with Crippen LogP contribution in [0.4, 0.5) is 4.39 Å². The molecule has 1 aliphatic heterocycles. The number of aromatic nitrogens is 2. The number of carbonyl (C=O) groups is 2. The maximum absolute atomic E-state index is 13.6. The molecule has 0 radical (unpaired) electrons. The molecule has 0 aromatic carbocycles. The van der Waals surface area contributed by atoms with Crippen LogP contribution < -0.4 is 5.32 Å². The summed E-state index contributed by atoms with van der Waals surface area (Å²) in [6.45, 7) is 0.281. The first kappa shape index (κ1) is 16.0. The maximum atomic E-state index is 13.6. The molecule has 2 aromatic rings. The summed E-state index contributed by atoms with van der Waals surface area (Å²) >= 11 is 0. The quantitative estimate of drug-likeness (QED) is 0.924. The van der Waals surface area contributed by atoms with E-state index in [-0.39, 0.29) is 30.0 Å². The van der Waals surface area contributed by atoms with E-state index in [0.717, 1.165) is 11.8 Å². The van der Waals surface area contributed by atoms with E-state index in [1.54, 1.807) is 24.3 Å². The van der Waals surface area contributed by atoms with Crippen molar-refractivity contribution in [3.63, 3.8) is 0 Å². The first-order valence-electron chi connectivity index (χ1n) is 7.61. The molecule has 2 amide bonds. The van der Waals surface area contributed by atoms with Crippen LogP contribution in [0.15, 0.2) is 43.0 Å². The molecular weight excluding hydrogens is 311 g/mol. The summed E-state index contributed by atoms with van der Waals surface area (Å²) in [5.41, 5.74) is 0.913. The highest BCUT2D eigenvalue weighted by Gasteiger charge is 2.38. The second-order valence-corrected chi connectivity index (χ2v) is 5.76. The molecule has 1 fully saturated rings. The lowest BCUT2D eigenvalue weighted by molar-refractivity contribution is -0.127. The highest BCUT2D eigenvalue weighted by Crippen LogP contribution is 2.36. The Morgan fingerprint density at radius 3 is 2.71 bits per heavy atom. The molecule has 24 heavy (non-hydrogen) atoms. The molecule has 2 aromatic heterocycles. The summed E-state index contributed by atoms with van der Waals surface area (Å²) in [6.07, 6.45) is 6.05. The summed E-state index contributed by atoms with van der Waals surface area (Å²) in [5, 5.41) is 2.72. The zero-order valence-electron chi connectivity index (χ0n) is 13.1. The van der Waals surface area contributed by atoms with E-state index < -0.39 is 11.7 Å². The number of nitrogens with one attached hydrogen (secondary N) is 1. The van der Waals surface area contributed by atoms with Gasteiger partial charge in [-0.2, -0.15) is 0 Å². The summed E-state index contributed by atoms with van der Waals surface area (Å²) in [6, 6.07) is 4.91. The summed E-state index contributed by atoms with van der Waals surface area (Å²) in [5.74, 6) is -1.24. The minimum absolute atomic E-state index is 0.0196. The molecule has 0 aliphatic carbocycles. The van der Waals surface area contributed by atoms with Gasteiger partial charge < -0.3 is 10.2 Å². The normalized spacial score (nSPS) is 20.2. The van der Waals surface area contributed by atoms with E-state index in [2.05, 4.69) is 15.3 Å². The third-order valence-corrected chi connectivity index (χ3v) is 4.28. The molecule has 1 saturated heterocycles. The second-order valence-electron chi connectivity index (χ2n) is 5.76. The van der Waals surface area contributed by atoms with E-state index >= 15 is 0 Å². The number of rotatable bonds is 4. The van der Waals surface area contributed by atoms with Gasteiger partial charge in [0.15, 0.2) is 5.82 Å². The number of pyridine rings is 2. The highest BCUT2D eigenvalue weighted by molar-refractivity contribution is 5.94. The van der Waals surface area contributed by atoms with Crippen LogP contribution in [0.2, 0.25) is 0 Å². The first-order valence-corrected chi connectivity index (χ1v) is 7.61. The van der Waals surface area contributed by atoms with Crippen molar-refractivity contribution in [2.45, 2.75) is 12.5 Å². The van der Waals surface area contributed by atoms with Crippen molar-refractivity contribution in [2.24, 2.45) is 5.92 Å². The van der Waals surface area contributed by atoms with Crippen LogP contribution >= 0.6 is 0 Å². The molecule has 0 unspecified atom stereocenters. The fourth-order valence-electron chi connectivity index (χ4n) is 3.07. The molecule has 0 spiro atoms. The average molecular weight is 328 g/mol. The fraction of sp³-hybridized carbons (Fsp3) is 0.294. The lowest BCUT2D eigenvalue weighted by Gasteiger charge is -2.25. The SMILES string of the molecule is CN1C(=O)C[C@@H](CNC(=O)c2ccncc2F)[C@@H]1c1ccncc1. The molecule has 124 valence electrons. The van der Waals surface area contributed by atoms with Crippen LogP contribution in [-0.2, 0) is 4.79 Å². The average Bonchev–Trinajstić information content (AvgIpc) is 2.88. The van der Waals surface area contributed by atoms with Gasteiger partial charge in [0.2, 0.25) is 5.91 Å². The van der Waals surface area contributed by atoms with Gasteiger partial charge in [-0.1, -0.05) is 0 Å². The van der Waals surface area contributed by atoms with Gasteiger partial charge in [0.1, 0.15) is 0 Å². The summed E-state index contributed by atoms with van der Waals surface area (Å²) < 4.78 is 13.6. The molecule has 7 heteroatoms. The topological polar surface area (TPSA) is 75.2 Å². The zero-order valence-corrected chi connectivity index (χ0v) is 13.1. The van der Waals surface area contributed by atoms with Gasteiger partial charge >= 0.3 is 0 Å². The Hall–Kier alpha value is -2.83. The van der Waals surface area contributed by atoms with Crippen LogP contribution in [0.25, 0.3) is 0 Å². The van der Waals surface area contributed by atoms with Gasteiger partial charge in [-0.05, 0) is 23.8 Å². The lowest BCUT2D eigenvalue weighted by atomic mass is 9.94. The number of nitrogens with zero attached hydrogens (tertiary/aromatic N) is 3. The predicted molar refractivity (Wildman–Crippen MR) is 84.4 cm³/mol. The van der Waals surface area contributed by atoms with Crippen molar-refractivity contribution >= 4 is 11.8 Å². The first-order chi connectivity index (χ1) is 11.6. The maximum Gasteiger partial charge on any atom is 0.254 e. The Balaban J connectivity index is 1.73. The molecule has 0 saturated carbocycles. The minimum atomic E-state index is -0.666. The molecule has 3 heterocycles. The predicted octanol–water partition coefficient (Wildman–Crippen LogP) is 1.57. The van der Waals surface area contributed by atoms with E-state index in [1.807, 2.05) is 12.1 Å². The monoisotopic (exact) mass is 328 g/mol. The number of hydrogen-bond donors (Lipinski definition) is 1. The van der Waals surface area contributed by atoms with Crippen molar-refractivity contribution in [3.8, 4) is 0 Å². The van der Waals surface area contributed by atoms with Crippen molar-refractivity contribution in [1.29, 1.82) is 0 Å². The van der Waals surface area contributed by atoms with E-state index in [4.69, 9.17) is 0 Å². The summed E-state index contributed by atoms with van der Waals surface area (Å²) in [4.78, 5) is 33.5. The largest absolute Gasteiger partial charge is 0.352 e. The van der Waals surface area contributed by atoms with Crippen molar-refractivity contribution in [2.75, 3.05) is 13.6 Å². The fourth-order valence-corrected chi connectivity index (χ4v) is 3.07. The molecule has 1 N–H and O–H groups in total. The number of hydrogen-bond acceptors (Lipinski definition) is 4. The summed E-state index contributed by atoms with van der Waals surface area (Å²) in [7, 11) is 1.75. The van der Waals surface area contributed by atoms with E-state index in [9.17, 15) is 14.0 Å². The van der Waals surface area contributed by atoms with Crippen LogP contribution in [-0.4, -0.2) is 40.3 Å². The number of carbonyl (C=O) groups excluding carboxylic acids is 2. The van der Waals surface area contributed by atoms with Gasteiger partial charge in [0.25, 0.3) is 5.91 Å². The van der Waals surface area contributed by atoms with Crippen molar-refractivity contribution < 1.29 is 14.0 Å². The Morgan fingerprint density at radius 1 is 1.29 bits per heavy atom. The molecule has 6 nitrogen and oxygen atoms in total. The van der Waals surface area contributed by atoms with Crippen LogP contribution in [0.3, 0.4) is 0 Å². The Morgan fingerprint density at radius 2 is 2.00 bits per heavy atom. The Labute approximate surface area is 138 Å². The highest BCUT2D eigenvalue weighted by atomic mass is 19.1. The second kappa shape index (κ2) is 6.74. The van der Waals surface area contributed by atoms with Crippen LogP contribution in [0, 0.1) is 11.7 Å². The number of halogens is 1. The third kappa shape index (κ3) is 3.10. The van der Waals surface area contributed by atoms with Gasteiger partial charge in [0.05, 0.1) is 17.8 Å². The molecule has 2 atom stereocenters. The van der Waals surface area contributed by atoms with Gasteiger partial charge in [-0.25, -0.2) is 4.39 Å². The van der Waals surface area contributed by atoms with E-state index in [0.29, 0.717) is 6.42 Å². The molecule has 3 rings (SSSR count). The van der Waals surface area contributed by atoms with Crippen LogP contribution in [0.1, 0.15) is 28.4 Å². The molecule has 0 bridgehead atoms. The minimum Gasteiger partial charge on any atom is -0.352 e. The number of amides is 2. The smallest absolute Gasteiger partial charge is 0.254 e. The standard InChI is InChI=1S/C17H17FN4O2/c1-22-15(23)8-12(16(22)11-2-5-19-6-3-11)9-21-17(24)13-4-7-20-10-14(13)18/h2-7,10,12,16H,8-9H2,1H3,(H,21,24)/t12-,16-/m0/s1. The number of likely N-dealkylation sites (tertiary alicyclic amines) is 1. The molecule has 1 aliphatic rings. The Kier molecular flexibility index (Phi) is 4.50. The van der Waals surface area contributed by atoms with Crippen molar-refractivity contribution in [1.82, 2.24) is 20.2 Å². The van der Waals surface area contributed by atoms with Crippen LogP contribution in [0.5, 0.6) is 0 Å². The van der Waals surface area contributed by atoms with Crippen molar-refractivity contribution in [3.05, 3.63) is 59.9 Å². The third-order valence-electron chi connectivity index (χ3n) is 4.28. The lowest BCUT2D eigenvalue weighted by Crippen LogP contribution is -2.33. The van der Waals surface area contributed by atoms with Gasteiger partial charge in [0, 0.05) is 44.5 Å². The van der Waals surface area contributed by atoms with E-state index in [1.165, 1.54) is 12.3 Å². The molecular formula is C17H17FN4O2. The zero-order chi connectivity index (χ0) is 17.1. The Bertz CT molecular complexity index is 753. The van der Waals surface area contributed by atoms with Gasteiger partial charge in [-0.15, -0.1) is 0 Å².